The van der Waals surface area contributed by atoms with Gasteiger partial charge in [0.15, 0.2) is 0 Å². The number of H-pyrrole nitrogens is 1. The minimum absolute atomic E-state index is 0.131. The number of nitrogens with zero attached hydrogens (tertiary/aromatic N) is 4. The Bertz CT molecular complexity index is 1060. The predicted octanol–water partition coefficient (Wildman–Crippen LogP) is 4.44. The Hall–Kier alpha value is -1.37. The average Bonchev–Trinajstić information content (AvgIpc) is 3.36. The number of fused-ring (bicyclic) bond motifs is 1. The van der Waals surface area contributed by atoms with Gasteiger partial charge in [-0.15, -0.1) is 11.3 Å². The van der Waals surface area contributed by atoms with Crippen molar-refractivity contribution >= 4 is 64.4 Å². The van der Waals surface area contributed by atoms with Gasteiger partial charge in [0.1, 0.15) is 5.65 Å². The van der Waals surface area contributed by atoms with Gasteiger partial charge in [-0.1, -0.05) is 0 Å². The first-order chi connectivity index (χ1) is 14.6. The fourth-order valence-electron chi connectivity index (χ4n) is 4.24. The Morgan fingerprint density at radius 3 is 2.83 bits per heavy atom. The first-order valence-corrected chi connectivity index (χ1v) is 14.2. The molecule has 0 atom stereocenters. The van der Waals surface area contributed by atoms with Crippen molar-refractivity contribution in [2.24, 2.45) is 5.92 Å². The molecule has 0 unspecified atom stereocenters. The summed E-state index contributed by atoms with van der Waals surface area (Å²) in [6.07, 6.45) is 3.78. The van der Waals surface area contributed by atoms with Crippen molar-refractivity contribution in [2.45, 2.75) is 25.9 Å². The Balaban J connectivity index is 1.27. The van der Waals surface area contributed by atoms with Gasteiger partial charge < -0.3 is 19.0 Å². The molecule has 1 N–H and O–H groups in total. The molecule has 0 radical (unpaired) electrons. The standard InChI is InChI=1S/C20H22IN5O2S2/c1-12-23-17(11-29-12)16-10-15-18(2-3-22-19(15)24-16)25-4-6-26(7-5-25)20(27)13-8-14(9-13)28-30-21/h2-3,10-11,13-14H,4-9H2,1H3,(H,22,24)/t13-,14+. The maximum atomic E-state index is 12.8. The van der Waals surface area contributed by atoms with E-state index in [4.69, 9.17) is 4.18 Å². The molecule has 2 fully saturated rings. The topological polar surface area (TPSA) is 74.3 Å². The monoisotopic (exact) mass is 555 g/mol. The number of aromatic nitrogens is 3. The lowest BCUT2D eigenvalue weighted by atomic mass is 9.81. The van der Waals surface area contributed by atoms with Gasteiger partial charge in [-0.3, -0.25) is 4.79 Å². The van der Waals surface area contributed by atoms with Crippen LogP contribution in [0.25, 0.3) is 22.4 Å². The van der Waals surface area contributed by atoms with Crippen LogP contribution in [-0.2, 0) is 8.98 Å². The molecule has 1 saturated carbocycles. The number of amides is 1. The number of anilines is 1. The zero-order valence-electron chi connectivity index (χ0n) is 16.5. The van der Waals surface area contributed by atoms with E-state index in [0.717, 1.165) is 72.1 Å². The van der Waals surface area contributed by atoms with Crippen molar-refractivity contribution < 1.29 is 8.98 Å². The molecule has 1 saturated heterocycles. The summed E-state index contributed by atoms with van der Waals surface area (Å²) in [4.78, 5) is 29.7. The summed E-state index contributed by atoms with van der Waals surface area (Å²) < 4.78 is 5.51. The number of thiazole rings is 1. The van der Waals surface area contributed by atoms with Crippen molar-refractivity contribution in [3.8, 4) is 11.4 Å². The molecule has 3 aromatic rings. The number of carbonyl (C=O) groups is 1. The number of pyridine rings is 1. The quantitative estimate of drug-likeness (QED) is 0.371. The molecule has 0 aromatic carbocycles. The first kappa shape index (κ1) is 20.5. The number of aromatic amines is 1. The third-order valence-electron chi connectivity index (χ3n) is 5.95. The van der Waals surface area contributed by atoms with E-state index < -0.39 is 0 Å². The second kappa shape index (κ2) is 8.64. The zero-order valence-corrected chi connectivity index (χ0v) is 20.3. The van der Waals surface area contributed by atoms with Gasteiger partial charge >= 0.3 is 0 Å². The molecular formula is C20H22IN5O2S2. The van der Waals surface area contributed by atoms with Gasteiger partial charge in [-0.2, -0.15) is 0 Å². The number of piperazine rings is 1. The summed E-state index contributed by atoms with van der Waals surface area (Å²) in [7, 11) is 1.36. The summed E-state index contributed by atoms with van der Waals surface area (Å²) in [5, 5.41) is 4.22. The highest BCUT2D eigenvalue weighted by Crippen LogP contribution is 2.36. The number of hydrogen-bond acceptors (Lipinski definition) is 7. The number of carbonyl (C=O) groups excluding carboxylic acids is 1. The minimum Gasteiger partial charge on any atom is -0.367 e. The second-order valence-corrected chi connectivity index (χ2v) is 10.2. The van der Waals surface area contributed by atoms with Crippen LogP contribution < -0.4 is 4.90 Å². The van der Waals surface area contributed by atoms with Gasteiger partial charge in [0, 0.05) is 76.0 Å². The van der Waals surface area contributed by atoms with Crippen LogP contribution >= 0.6 is 41.8 Å². The lowest BCUT2D eigenvalue weighted by Crippen LogP contribution is -2.52. The maximum absolute atomic E-state index is 12.8. The largest absolute Gasteiger partial charge is 0.367 e. The van der Waals surface area contributed by atoms with E-state index in [2.05, 4.69) is 58.6 Å². The van der Waals surface area contributed by atoms with Crippen LogP contribution in [0, 0.1) is 12.8 Å². The number of hydrogen-bond donors (Lipinski definition) is 1. The van der Waals surface area contributed by atoms with Gasteiger partial charge in [0.25, 0.3) is 0 Å². The Morgan fingerprint density at radius 2 is 2.13 bits per heavy atom. The molecule has 1 aliphatic heterocycles. The molecule has 7 nitrogen and oxygen atoms in total. The van der Waals surface area contributed by atoms with E-state index in [1.54, 1.807) is 11.3 Å². The predicted molar refractivity (Wildman–Crippen MR) is 130 cm³/mol. The van der Waals surface area contributed by atoms with E-state index in [0.29, 0.717) is 0 Å². The number of halogens is 1. The van der Waals surface area contributed by atoms with Crippen molar-refractivity contribution in [3.63, 3.8) is 0 Å². The summed E-state index contributed by atoms with van der Waals surface area (Å²) in [6.45, 7) is 5.19. The minimum atomic E-state index is 0.131. The van der Waals surface area contributed by atoms with Crippen LogP contribution in [0.2, 0.25) is 0 Å². The Kier molecular flexibility index (Phi) is 5.91. The maximum Gasteiger partial charge on any atom is 0.226 e. The van der Waals surface area contributed by atoms with Gasteiger partial charge in [0.05, 0.1) is 31.7 Å². The summed E-state index contributed by atoms with van der Waals surface area (Å²) in [5.41, 5.74) is 3.99. The number of aryl methyl sites for hydroxylation is 1. The first-order valence-electron chi connectivity index (χ1n) is 10.0. The van der Waals surface area contributed by atoms with Crippen molar-refractivity contribution in [3.05, 3.63) is 28.7 Å². The molecule has 158 valence electrons. The van der Waals surface area contributed by atoms with Crippen LogP contribution in [0.4, 0.5) is 5.69 Å². The summed E-state index contributed by atoms with van der Waals surface area (Å²) in [5.74, 6) is 0.419. The summed E-state index contributed by atoms with van der Waals surface area (Å²) >= 11 is 3.78. The summed E-state index contributed by atoms with van der Waals surface area (Å²) in [6, 6.07) is 4.21. The van der Waals surface area contributed by atoms with E-state index in [1.807, 2.05) is 18.0 Å². The van der Waals surface area contributed by atoms with Crippen molar-refractivity contribution in [1.29, 1.82) is 0 Å². The number of rotatable bonds is 5. The molecule has 2 aliphatic rings. The average molecular weight is 555 g/mol. The fourth-order valence-corrected chi connectivity index (χ4v) is 5.99. The van der Waals surface area contributed by atoms with Gasteiger partial charge in [-0.05, 0) is 31.9 Å². The molecule has 4 heterocycles. The lowest BCUT2D eigenvalue weighted by Gasteiger charge is -2.41. The molecular weight excluding hydrogens is 533 g/mol. The van der Waals surface area contributed by atoms with Crippen LogP contribution in [0.1, 0.15) is 17.8 Å². The highest BCUT2D eigenvalue weighted by molar-refractivity contribution is 14.2. The molecule has 3 aromatic heterocycles. The van der Waals surface area contributed by atoms with E-state index in [-0.39, 0.29) is 17.9 Å². The van der Waals surface area contributed by atoms with Crippen molar-refractivity contribution in [1.82, 2.24) is 19.9 Å². The third kappa shape index (κ3) is 3.94. The number of nitrogens with one attached hydrogen (secondary N) is 1. The molecule has 30 heavy (non-hydrogen) atoms. The molecule has 0 spiro atoms. The highest BCUT2D eigenvalue weighted by Gasteiger charge is 2.38. The zero-order chi connectivity index (χ0) is 20.7. The molecule has 10 heteroatoms. The fraction of sp³-hybridized carbons (Fsp3) is 0.450. The normalized spacial score (nSPS) is 21.8. The van der Waals surface area contributed by atoms with E-state index >= 15 is 0 Å². The lowest BCUT2D eigenvalue weighted by molar-refractivity contribution is -0.141. The Morgan fingerprint density at radius 1 is 1.33 bits per heavy atom. The van der Waals surface area contributed by atoms with Crippen LogP contribution in [0.3, 0.4) is 0 Å². The molecule has 5 rings (SSSR count). The highest BCUT2D eigenvalue weighted by atomic mass is 127. The van der Waals surface area contributed by atoms with Gasteiger partial charge in [-0.25, -0.2) is 9.97 Å². The third-order valence-corrected chi connectivity index (χ3v) is 7.69. The van der Waals surface area contributed by atoms with Crippen LogP contribution in [-0.4, -0.2) is 58.0 Å². The smallest absolute Gasteiger partial charge is 0.226 e. The van der Waals surface area contributed by atoms with E-state index in [9.17, 15) is 4.79 Å². The van der Waals surface area contributed by atoms with Crippen LogP contribution in [0.5, 0.6) is 0 Å². The van der Waals surface area contributed by atoms with E-state index in [1.165, 1.54) is 9.21 Å². The molecule has 1 aliphatic carbocycles. The van der Waals surface area contributed by atoms with Gasteiger partial charge in [0.2, 0.25) is 5.91 Å². The molecule has 0 bridgehead atoms. The van der Waals surface area contributed by atoms with Crippen molar-refractivity contribution in [2.75, 3.05) is 31.1 Å². The SMILES string of the molecule is Cc1nc(-c2cc3c(N4CCN(C(=O)[C@H]5C[C@@H](OSI)C5)CC4)ccnc3[nH]2)cs1. The molecule has 1 amide bonds. The Labute approximate surface area is 195 Å². The van der Waals surface area contributed by atoms with Crippen LogP contribution in [0.15, 0.2) is 23.7 Å². The second-order valence-electron chi connectivity index (χ2n) is 7.79.